The fourth-order valence-electron chi connectivity index (χ4n) is 10.2. The lowest BCUT2D eigenvalue weighted by molar-refractivity contribution is -0.148. The molecule has 3 amide bonds. The minimum atomic E-state index is -0.728. The fraction of sp³-hybridized carbons (Fsp3) is 0.780. The molecule has 1 saturated carbocycles. The molecule has 7 rings (SSSR count). The van der Waals surface area contributed by atoms with Crippen LogP contribution in [0.25, 0.3) is 0 Å². The smallest absolute Gasteiger partial charge is 0.252 e. The van der Waals surface area contributed by atoms with Crippen LogP contribution in [0.5, 0.6) is 0 Å². The molecule has 0 radical (unpaired) electrons. The van der Waals surface area contributed by atoms with Crippen LogP contribution in [0.15, 0.2) is 18.2 Å². The van der Waals surface area contributed by atoms with Crippen LogP contribution >= 0.6 is 0 Å². The molecule has 10 nitrogen and oxygen atoms in total. The van der Waals surface area contributed by atoms with Crippen LogP contribution in [0.1, 0.15) is 97.0 Å². The first-order valence-electron chi connectivity index (χ1n) is 20.4. The Morgan fingerprint density at radius 2 is 1.58 bits per heavy atom. The predicted octanol–water partition coefficient (Wildman–Crippen LogP) is 4.66. The summed E-state index contributed by atoms with van der Waals surface area (Å²) < 4.78 is 41.3. The van der Waals surface area contributed by atoms with E-state index in [2.05, 4.69) is 37.5 Å². The van der Waals surface area contributed by atoms with Gasteiger partial charge in [0.05, 0.1) is 12.0 Å². The van der Waals surface area contributed by atoms with Crippen molar-refractivity contribution < 1.29 is 32.6 Å². The Morgan fingerprint density at radius 1 is 0.868 bits per heavy atom. The molecule has 1 aromatic rings. The second-order valence-electron chi connectivity index (χ2n) is 17.7. The van der Waals surface area contributed by atoms with E-state index in [4.69, 9.17) is 9.47 Å². The highest BCUT2D eigenvalue weighted by Crippen LogP contribution is 2.42. The van der Waals surface area contributed by atoms with Crippen LogP contribution in [0.4, 0.5) is 8.78 Å². The lowest BCUT2D eigenvalue weighted by atomic mass is 9.75. The van der Waals surface area contributed by atoms with Gasteiger partial charge >= 0.3 is 0 Å². The first kappa shape index (κ1) is 38.6. The standard InChI is InChI=1S/C41H61F2N5O5/c1-27(2)44-15-17-45(18-16-44)39(50)36-23-31(48(40(51)37-6-5-19-53-37)30-9-13-41(3,4)14-10-30)24-47(36)38(49)34-26-46(29-11-20-52-21-12-29)25-33(34)32-8-7-28(42)22-35(32)43/h7-8,22,27,29-31,33-34,36-37H,5-6,9-21,23-26H2,1-4H3/t31?,33-,34+,36?,37-/m0/s1. The summed E-state index contributed by atoms with van der Waals surface area (Å²) in [5.74, 6) is -2.68. The molecular formula is C41H61F2N5O5. The van der Waals surface area contributed by atoms with Crippen LogP contribution in [-0.2, 0) is 23.9 Å². The molecule has 6 aliphatic rings. The Bertz CT molecular complexity index is 1460. The number of benzene rings is 1. The quantitative estimate of drug-likeness (QED) is 0.384. The Hall–Kier alpha value is -2.67. The monoisotopic (exact) mass is 741 g/mol. The first-order chi connectivity index (χ1) is 25.4. The van der Waals surface area contributed by atoms with E-state index in [9.17, 15) is 14.0 Å². The maximum absolute atomic E-state index is 15.6. The van der Waals surface area contributed by atoms with E-state index in [1.54, 1.807) is 4.90 Å². The Morgan fingerprint density at radius 3 is 2.23 bits per heavy atom. The third kappa shape index (κ3) is 8.31. The highest BCUT2D eigenvalue weighted by Gasteiger charge is 2.52. The molecule has 0 spiro atoms. The largest absolute Gasteiger partial charge is 0.381 e. The summed E-state index contributed by atoms with van der Waals surface area (Å²) in [7, 11) is 0. The molecule has 0 N–H and O–H groups in total. The van der Waals surface area contributed by atoms with Gasteiger partial charge in [0.25, 0.3) is 5.91 Å². The van der Waals surface area contributed by atoms with E-state index in [1.165, 1.54) is 12.1 Å². The van der Waals surface area contributed by atoms with E-state index < -0.39 is 35.6 Å². The van der Waals surface area contributed by atoms with E-state index >= 15 is 9.18 Å². The molecule has 0 bridgehead atoms. The molecule has 294 valence electrons. The molecule has 53 heavy (non-hydrogen) atoms. The second-order valence-corrected chi connectivity index (χ2v) is 17.7. The van der Waals surface area contributed by atoms with Crippen molar-refractivity contribution in [3.63, 3.8) is 0 Å². The average Bonchev–Trinajstić information content (AvgIpc) is 3.93. The van der Waals surface area contributed by atoms with Gasteiger partial charge in [-0.05, 0) is 88.7 Å². The number of piperazine rings is 1. The van der Waals surface area contributed by atoms with Crippen LogP contribution in [0.3, 0.4) is 0 Å². The predicted molar refractivity (Wildman–Crippen MR) is 197 cm³/mol. The van der Waals surface area contributed by atoms with Gasteiger partial charge in [-0.3, -0.25) is 24.2 Å². The lowest BCUT2D eigenvalue weighted by Crippen LogP contribution is -2.56. The molecule has 1 aliphatic carbocycles. The number of ether oxygens (including phenoxy) is 2. The summed E-state index contributed by atoms with van der Waals surface area (Å²) >= 11 is 0. The van der Waals surface area contributed by atoms with Gasteiger partial charge in [0.15, 0.2) is 0 Å². The van der Waals surface area contributed by atoms with Crippen molar-refractivity contribution in [2.45, 2.75) is 128 Å². The fourth-order valence-corrected chi connectivity index (χ4v) is 10.2. The Labute approximate surface area is 314 Å². The first-order valence-corrected chi connectivity index (χ1v) is 20.4. The molecule has 6 fully saturated rings. The summed E-state index contributed by atoms with van der Waals surface area (Å²) in [4.78, 5) is 54.7. The van der Waals surface area contributed by atoms with Gasteiger partial charge in [-0.15, -0.1) is 0 Å². The van der Waals surface area contributed by atoms with Gasteiger partial charge in [0, 0.05) is 95.7 Å². The molecule has 5 aliphatic heterocycles. The zero-order valence-electron chi connectivity index (χ0n) is 32.3. The normalized spacial score (nSPS) is 30.7. The van der Waals surface area contributed by atoms with Crippen LogP contribution in [0.2, 0.25) is 0 Å². The van der Waals surface area contributed by atoms with Gasteiger partial charge in [-0.1, -0.05) is 19.9 Å². The number of carbonyl (C=O) groups is 3. The number of nitrogens with zero attached hydrogens (tertiary/aromatic N) is 5. The number of carbonyl (C=O) groups excluding carboxylic acids is 3. The van der Waals surface area contributed by atoms with Gasteiger partial charge < -0.3 is 24.2 Å². The van der Waals surface area contributed by atoms with Crippen molar-refractivity contribution >= 4 is 17.7 Å². The highest BCUT2D eigenvalue weighted by atomic mass is 19.1. The van der Waals surface area contributed by atoms with Gasteiger partial charge in [-0.25, -0.2) is 8.78 Å². The van der Waals surface area contributed by atoms with Crippen molar-refractivity contribution in [1.29, 1.82) is 0 Å². The van der Waals surface area contributed by atoms with Crippen LogP contribution < -0.4 is 0 Å². The van der Waals surface area contributed by atoms with E-state index in [0.29, 0.717) is 70.4 Å². The second kappa shape index (κ2) is 16.2. The SMILES string of the molecule is CC(C)N1CCN(C(=O)C2CC(N(C(=O)[C@@H]3CCCO3)C3CCC(C)(C)CC3)CN2C(=O)[C@@H]2CN(C3CCOCC3)C[C@H]2c2ccc(F)cc2F)CC1. The van der Waals surface area contributed by atoms with Crippen molar-refractivity contribution in [1.82, 2.24) is 24.5 Å². The molecule has 1 aromatic carbocycles. The molecule has 5 heterocycles. The number of rotatable bonds is 8. The van der Waals surface area contributed by atoms with Gasteiger partial charge in [0.1, 0.15) is 23.8 Å². The topological polar surface area (TPSA) is 85.9 Å². The number of hydrogen-bond donors (Lipinski definition) is 0. The molecule has 2 unspecified atom stereocenters. The Kier molecular flexibility index (Phi) is 11.8. The number of amides is 3. The van der Waals surface area contributed by atoms with Crippen molar-refractivity contribution in [2.75, 3.05) is 65.6 Å². The number of likely N-dealkylation sites (tertiary alicyclic amines) is 2. The average molecular weight is 742 g/mol. The molecule has 5 atom stereocenters. The summed E-state index contributed by atoms with van der Waals surface area (Å²) in [6, 6.07) is 3.19. The van der Waals surface area contributed by atoms with E-state index in [1.807, 2.05) is 9.80 Å². The summed E-state index contributed by atoms with van der Waals surface area (Å²) in [6.07, 6.45) is 6.80. The third-order valence-corrected chi connectivity index (χ3v) is 13.5. The van der Waals surface area contributed by atoms with Gasteiger partial charge in [-0.2, -0.15) is 0 Å². The molecular weight excluding hydrogens is 680 g/mol. The summed E-state index contributed by atoms with van der Waals surface area (Å²) in [5.41, 5.74) is 0.537. The van der Waals surface area contributed by atoms with Gasteiger partial charge in [0.2, 0.25) is 11.8 Å². The maximum Gasteiger partial charge on any atom is 0.252 e. The van der Waals surface area contributed by atoms with E-state index in [0.717, 1.165) is 64.1 Å². The zero-order chi connectivity index (χ0) is 37.4. The van der Waals surface area contributed by atoms with Crippen molar-refractivity contribution in [3.05, 3.63) is 35.4 Å². The summed E-state index contributed by atoms with van der Waals surface area (Å²) in [5, 5.41) is 0. The Balaban J connectivity index is 1.21. The van der Waals surface area contributed by atoms with Crippen molar-refractivity contribution in [2.24, 2.45) is 11.3 Å². The number of halogens is 2. The minimum Gasteiger partial charge on any atom is -0.381 e. The van der Waals surface area contributed by atoms with E-state index in [-0.39, 0.29) is 47.8 Å². The van der Waals surface area contributed by atoms with Crippen LogP contribution in [0, 0.1) is 23.0 Å². The molecule has 0 aromatic heterocycles. The van der Waals surface area contributed by atoms with Crippen LogP contribution in [-0.4, -0.2) is 144 Å². The van der Waals surface area contributed by atoms with Crippen molar-refractivity contribution in [3.8, 4) is 0 Å². The third-order valence-electron chi connectivity index (χ3n) is 13.5. The maximum atomic E-state index is 15.6. The highest BCUT2D eigenvalue weighted by molar-refractivity contribution is 5.91. The summed E-state index contributed by atoms with van der Waals surface area (Å²) in [6.45, 7) is 14.6. The molecule has 12 heteroatoms. The zero-order valence-corrected chi connectivity index (χ0v) is 32.3. The minimum absolute atomic E-state index is 0.0129. The number of hydrogen-bond acceptors (Lipinski definition) is 7. The molecule has 5 saturated heterocycles. The lowest BCUT2D eigenvalue weighted by Gasteiger charge is -2.43.